The standard InChI is InChI=1S/C16H21Si/c1-4-8-14-11-12-16(13-14)17(2,3)15-9-6-5-7-10-15/h5-7,9-13H,4,8H2,1-3H3. The molecule has 1 aliphatic carbocycles. The quantitative estimate of drug-likeness (QED) is 0.699. The van der Waals surface area contributed by atoms with Crippen LogP contribution >= 0.6 is 0 Å². The first-order valence-electron chi connectivity index (χ1n) is 6.46. The van der Waals surface area contributed by atoms with Crippen molar-refractivity contribution in [1.82, 2.24) is 0 Å². The molecule has 2 rings (SSSR count). The summed E-state index contributed by atoms with van der Waals surface area (Å²) in [6.07, 6.45) is 9.50. The molecule has 0 bridgehead atoms. The van der Waals surface area contributed by atoms with Crippen LogP contribution in [0.5, 0.6) is 0 Å². The van der Waals surface area contributed by atoms with E-state index in [4.69, 9.17) is 0 Å². The van der Waals surface area contributed by atoms with E-state index in [0.717, 1.165) is 0 Å². The zero-order chi connectivity index (χ0) is 12.3. The average molecular weight is 241 g/mol. The Balaban J connectivity index is 2.21. The van der Waals surface area contributed by atoms with E-state index in [0.29, 0.717) is 0 Å². The molecule has 89 valence electrons. The molecule has 1 aliphatic rings. The molecule has 0 aromatic heterocycles. The Labute approximate surface area is 106 Å². The number of allylic oxidation sites excluding steroid dienone is 4. The minimum Gasteiger partial charge on any atom is -0.0757 e. The van der Waals surface area contributed by atoms with Gasteiger partial charge in [-0.05, 0) is 6.42 Å². The summed E-state index contributed by atoms with van der Waals surface area (Å²) in [7, 11) is -1.46. The van der Waals surface area contributed by atoms with Crippen molar-refractivity contribution in [2.75, 3.05) is 0 Å². The third-order valence-electron chi connectivity index (χ3n) is 3.57. The van der Waals surface area contributed by atoms with Gasteiger partial charge in [0.2, 0.25) is 0 Å². The van der Waals surface area contributed by atoms with Crippen molar-refractivity contribution >= 4 is 13.3 Å². The molecule has 17 heavy (non-hydrogen) atoms. The van der Waals surface area contributed by atoms with Crippen molar-refractivity contribution in [1.29, 1.82) is 0 Å². The predicted molar refractivity (Wildman–Crippen MR) is 78.9 cm³/mol. The summed E-state index contributed by atoms with van der Waals surface area (Å²) in [5, 5.41) is 1.52. The third-order valence-corrected chi connectivity index (χ3v) is 7.10. The first-order valence-corrected chi connectivity index (χ1v) is 9.46. The Hall–Kier alpha value is -1.08. The van der Waals surface area contributed by atoms with Gasteiger partial charge in [0.05, 0.1) is 8.07 Å². The second kappa shape index (κ2) is 5.05. The Kier molecular flexibility index (Phi) is 3.68. The Bertz CT molecular complexity index is 426. The first kappa shape index (κ1) is 12.4. The zero-order valence-electron chi connectivity index (χ0n) is 11.0. The number of hydrogen-bond acceptors (Lipinski definition) is 0. The smallest absolute Gasteiger partial charge is 0.0757 e. The molecule has 0 fully saturated rings. The van der Waals surface area contributed by atoms with Crippen LogP contribution in [0.2, 0.25) is 13.1 Å². The summed E-state index contributed by atoms with van der Waals surface area (Å²) in [5.41, 5.74) is 3.06. The number of rotatable bonds is 4. The van der Waals surface area contributed by atoms with E-state index in [1.54, 1.807) is 5.54 Å². The molecule has 1 aromatic rings. The van der Waals surface area contributed by atoms with Crippen LogP contribution in [0.25, 0.3) is 0 Å². The number of benzene rings is 1. The monoisotopic (exact) mass is 241 g/mol. The minimum absolute atomic E-state index is 1.21. The molecule has 1 radical (unpaired) electrons. The Morgan fingerprint density at radius 1 is 1.00 bits per heavy atom. The van der Waals surface area contributed by atoms with Crippen LogP contribution in [0, 0.1) is 5.54 Å². The van der Waals surface area contributed by atoms with Gasteiger partial charge in [0.1, 0.15) is 0 Å². The van der Waals surface area contributed by atoms with Gasteiger partial charge >= 0.3 is 0 Å². The van der Waals surface area contributed by atoms with Gasteiger partial charge in [0.15, 0.2) is 0 Å². The fraction of sp³-hybridized carbons (Fsp3) is 0.312. The van der Waals surface area contributed by atoms with Crippen LogP contribution in [-0.4, -0.2) is 8.07 Å². The van der Waals surface area contributed by atoms with E-state index in [1.165, 1.54) is 23.6 Å². The SMILES string of the molecule is CCCC1=C[C]([Si](C)(C)c2ccccc2)C=C1. The van der Waals surface area contributed by atoms with Crippen LogP contribution in [0.15, 0.2) is 54.1 Å². The molecule has 0 amide bonds. The molecular formula is C16H21Si. The second-order valence-corrected chi connectivity index (χ2v) is 9.65. The van der Waals surface area contributed by atoms with Crippen molar-refractivity contribution in [2.24, 2.45) is 0 Å². The molecule has 0 nitrogen and oxygen atoms in total. The van der Waals surface area contributed by atoms with Gasteiger partial charge in [-0.25, -0.2) is 0 Å². The fourth-order valence-corrected chi connectivity index (χ4v) is 4.75. The molecule has 0 spiro atoms. The Morgan fingerprint density at radius 3 is 2.35 bits per heavy atom. The maximum Gasteiger partial charge on any atom is 0.0958 e. The lowest BCUT2D eigenvalue weighted by Crippen LogP contribution is -2.46. The molecule has 0 heterocycles. The highest BCUT2D eigenvalue weighted by Gasteiger charge is 2.32. The number of hydrogen-bond donors (Lipinski definition) is 0. The van der Waals surface area contributed by atoms with E-state index >= 15 is 0 Å². The first-order chi connectivity index (χ1) is 8.14. The van der Waals surface area contributed by atoms with Crippen molar-refractivity contribution in [3.63, 3.8) is 0 Å². The maximum absolute atomic E-state index is 2.44. The van der Waals surface area contributed by atoms with Crippen LogP contribution < -0.4 is 5.19 Å². The zero-order valence-corrected chi connectivity index (χ0v) is 12.0. The topological polar surface area (TPSA) is 0 Å². The van der Waals surface area contributed by atoms with Gasteiger partial charge in [0.25, 0.3) is 0 Å². The highest BCUT2D eigenvalue weighted by molar-refractivity contribution is 6.95. The van der Waals surface area contributed by atoms with Crippen LogP contribution in [-0.2, 0) is 0 Å². The van der Waals surface area contributed by atoms with E-state index in [-0.39, 0.29) is 0 Å². The van der Waals surface area contributed by atoms with E-state index in [2.05, 4.69) is 68.6 Å². The van der Waals surface area contributed by atoms with Crippen molar-refractivity contribution < 1.29 is 0 Å². The lowest BCUT2D eigenvalue weighted by molar-refractivity contribution is 0.928. The van der Waals surface area contributed by atoms with Gasteiger partial charge in [0, 0.05) is 5.54 Å². The van der Waals surface area contributed by atoms with Crippen molar-refractivity contribution in [3.05, 3.63) is 59.7 Å². The molecular weight excluding hydrogens is 220 g/mol. The van der Waals surface area contributed by atoms with Crippen molar-refractivity contribution in [2.45, 2.75) is 32.9 Å². The predicted octanol–water partition coefficient (Wildman–Crippen LogP) is 4.01. The minimum atomic E-state index is -1.46. The summed E-state index contributed by atoms with van der Waals surface area (Å²) in [5.74, 6) is 0. The molecule has 0 saturated carbocycles. The largest absolute Gasteiger partial charge is 0.0958 e. The van der Waals surface area contributed by atoms with Crippen molar-refractivity contribution in [3.8, 4) is 0 Å². The van der Waals surface area contributed by atoms with Crippen LogP contribution in [0.3, 0.4) is 0 Å². The molecule has 0 unspecified atom stereocenters. The maximum atomic E-state index is 2.44. The molecule has 0 aliphatic heterocycles. The highest BCUT2D eigenvalue weighted by atomic mass is 28.3. The summed E-state index contributed by atoms with van der Waals surface area (Å²) >= 11 is 0. The third kappa shape index (κ3) is 2.60. The lowest BCUT2D eigenvalue weighted by Gasteiger charge is -2.27. The van der Waals surface area contributed by atoms with Crippen LogP contribution in [0.1, 0.15) is 19.8 Å². The average Bonchev–Trinajstić information content (AvgIpc) is 2.80. The van der Waals surface area contributed by atoms with Gasteiger partial charge in [-0.3, -0.25) is 0 Å². The molecule has 0 N–H and O–H groups in total. The van der Waals surface area contributed by atoms with Gasteiger partial charge < -0.3 is 0 Å². The molecule has 0 saturated heterocycles. The summed E-state index contributed by atoms with van der Waals surface area (Å²) in [4.78, 5) is 0. The molecule has 0 atom stereocenters. The molecule has 1 heteroatoms. The highest BCUT2D eigenvalue weighted by Crippen LogP contribution is 2.29. The van der Waals surface area contributed by atoms with E-state index in [1.807, 2.05) is 0 Å². The van der Waals surface area contributed by atoms with Gasteiger partial charge in [-0.2, -0.15) is 0 Å². The van der Waals surface area contributed by atoms with Gasteiger partial charge in [-0.15, -0.1) is 0 Å². The van der Waals surface area contributed by atoms with Gasteiger partial charge in [-0.1, -0.05) is 85.8 Å². The second-order valence-electron chi connectivity index (χ2n) is 5.25. The Morgan fingerprint density at radius 2 is 1.71 bits per heavy atom. The summed E-state index contributed by atoms with van der Waals surface area (Å²) < 4.78 is 0. The lowest BCUT2D eigenvalue weighted by atomic mass is 10.2. The molecule has 1 aromatic carbocycles. The summed E-state index contributed by atoms with van der Waals surface area (Å²) in [6, 6.07) is 11.0. The van der Waals surface area contributed by atoms with E-state index < -0.39 is 8.07 Å². The van der Waals surface area contributed by atoms with Crippen LogP contribution in [0.4, 0.5) is 0 Å². The van der Waals surface area contributed by atoms with E-state index in [9.17, 15) is 0 Å². The summed E-state index contributed by atoms with van der Waals surface area (Å²) in [6.45, 7) is 7.12. The fourth-order valence-electron chi connectivity index (χ4n) is 2.35. The normalized spacial score (nSPS) is 16.3.